The third kappa shape index (κ3) is 3.81. The van der Waals surface area contributed by atoms with Crippen molar-refractivity contribution in [2.45, 2.75) is 6.92 Å². The lowest BCUT2D eigenvalue weighted by molar-refractivity contribution is -0.191. The van der Waals surface area contributed by atoms with Crippen LogP contribution in [-0.4, -0.2) is 51.1 Å². The Morgan fingerprint density at radius 1 is 1.47 bits per heavy atom. The first-order valence-corrected chi connectivity index (χ1v) is 5.61. The smallest absolute Gasteiger partial charge is 0.341 e. The second-order valence-corrected chi connectivity index (χ2v) is 4.13. The summed E-state index contributed by atoms with van der Waals surface area (Å²) in [7, 11) is -4.25. The van der Waals surface area contributed by atoms with Gasteiger partial charge in [-0.3, -0.25) is 5.41 Å². The Morgan fingerprint density at radius 2 is 1.93 bits per heavy atom. The number of likely N-dealkylation sites (N-methyl/N-ethyl adjacent to an activating group) is 1. The van der Waals surface area contributed by atoms with Crippen molar-refractivity contribution in [1.29, 1.82) is 5.41 Å². The Kier molecular flexibility index (Phi) is 5.18. The summed E-state index contributed by atoms with van der Waals surface area (Å²) in [6.45, 7) is 3.20. The molecule has 86 valence electrons. The van der Waals surface area contributed by atoms with Crippen molar-refractivity contribution in [2.24, 2.45) is 0 Å². The summed E-state index contributed by atoms with van der Waals surface area (Å²) >= 11 is 0. The molecule has 8 nitrogen and oxygen atoms in total. The number of rotatable bonds is 2. The summed E-state index contributed by atoms with van der Waals surface area (Å²) in [5.74, 6) is -0.0779. The van der Waals surface area contributed by atoms with E-state index in [0.717, 1.165) is 4.67 Å². The highest BCUT2D eigenvalue weighted by Gasteiger charge is 2.35. The SMILES string of the molecule is CCN1CCN(P(=O)(O)O)C1=N.O=C=O. The van der Waals surface area contributed by atoms with Gasteiger partial charge in [0.15, 0.2) is 0 Å². The third-order valence-corrected chi connectivity index (χ3v) is 2.84. The van der Waals surface area contributed by atoms with Gasteiger partial charge in [0.25, 0.3) is 0 Å². The fraction of sp³-hybridized carbons (Fsp3) is 0.667. The monoisotopic (exact) mass is 237 g/mol. The molecule has 0 atom stereocenters. The van der Waals surface area contributed by atoms with Gasteiger partial charge >= 0.3 is 13.9 Å². The van der Waals surface area contributed by atoms with Gasteiger partial charge in [-0.1, -0.05) is 0 Å². The van der Waals surface area contributed by atoms with Crippen LogP contribution in [0.5, 0.6) is 0 Å². The van der Waals surface area contributed by atoms with E-state index >= 15 is 0 Å². The summed E-state index contributed by atoms with van der Waals surface area (Å²) < 4.78 is 11.6. The zero-order chi connectivity index (χ0) is 12.1. The third-order valence-electron chi connectivity index (χ3n) is 1.82. The van der Waals surface area contributed by atoms with Crippen molar-refractivity contribution in [1.82, 2.24) is 9.57 Å². The van der Waals surface area contributed by atoms with E-state index in [2.05, 4.69) is 0 Å². The maximum absolute atomic E-state index is 10.8. The fourth-order valence-electron chi connectivity index (χ4n) is 1.15. The van der Waals surface area contributed by atoms with Gasteiger partial charge in [-0.05, 0) is 6.92 Å². The molecule has 0 aliphatic carbocycles. The van der Waals surface area contributed by atoms with Gasteiger partial charge in [-0.15, -0.1) is 0 Å². The van der Waals surface area contributed by atoms with Gasteiger partial charge in [0.2, 0.25) is 5.96 Å². The average molecular weight is 237 g/mol. The Balaban J connectivity index is 0.000000583. The molecule has 0 unspecified atom stereocenters. The highest BCUT2D eigenvalue weighted by molar-refractivity contribution is 7.50. The van der Waals surface area contributed by atoms with Crippen molar-refractivity contribution in [3.05, 3.63) is 0 Å². The first-order chi connectivity index (χ1) is 6.88. The lowest BCUT2D eigenvalue weighted by atomic mass is 10.6. The number of carbonyl (C=O) groups excluding carboxylic acids is 2. The highest BCUT2D eigenvalue weighted by Crippen LogP contribution is 2.41. The van der Waals surface area contributed by atoms with Crippen LogP contribution in [0.3, 0.4) is 0 Å². The van der Waals surface area contributed by atoms with Gasteiger partial charge in [0.05, 0.1) is 0 Å². The van der Waals surface area contributed by atoms with Crippen molar-refractivity contribution in [3.8, 4) is 0 Å². The second-order valence-electron chi connectivity index (χ2n) is 2.62. The van der Waals surface area contributed by atoms with Crippen LogP contribution in [-0.2, 0) is 14.2 Å². The van der Waals surface area contributed by atoms with Crippen molar-refractivity contribution in [3.63, 3.8) is 0 Å². The number of hydrogen-bond donors (Lipinski definition) is 3. The molecule has 3 N–H and O–H groups in total. The molecule has 0 bridgehead atoms. The molecule has 0 aromatic rings. The fourth-order valence-corrected chi connectivity index (χ4v) is 1.88. The maximum Gasteiger partial charge on any atom is 0.432 e. The second kappa shape index (κ2) is 5.63. The molecule has 0 aromatic heterocycles. The zero-order valence-corrected chi connectivity index (χ0v) is 8.98. The first-order valence-electron chi connectivity index (χ1n) is 4.04. The van der Waals surface area contributed by atoms with Crippen molar-refractivity contribution < 1.29 is 23.9 Å². The molecule has 1 aliphatic rings. The van der Waals surface area contributed by atoms with Crippen LogP contribution in [0.25, 0.3) is 0 Å². The van der Waals surface area contributed by atoms with Gasteiger partial charge in [-0.2, -0.15) is 9.59 Å². The van der Waals surface area contributed by atoms with Crippen LogP contribution in [0.2, 0.25) is 0 Å². The molecule has 15 heavy (non-hydrogen) atoms. The molecular formula is C6H12N3O5P. The maximum atomic E-state index is 10.8. The first kappa shape index (κ1) is 13.8. The van der Waals surface area contributed by atoms with E-state index in [0.29, 0.717) is 13.1 Å². The lowest BCUT2D eigenvalue weighted by Crippen LogP contribution is -2.30. The topological polar surface area (TPSA) is 122 Å². The average Bonchev–Trinajstić information content (AvgIpc) is 2.47. The normalized spacial score (nSPS) is 15.8. The van der Waals surface area contributed by atoms with Crippen LogP contribution < -0.4 is 0 Å². The van der Waals surface area contributed by atoms with E-state index in [1.807, 2.05) is 6.92 Å². The number of guanidine groups is 1. The van der Waals surface area contributed by atoms with E-state index in [1.165, 1.54) is 0 Å². The summed E-state index contributed by atoms with van der Waals surface area (Å²) in [5.41, 5.74) is 0. The minimum Gasteiger partial charge on any atom is -0.341 e. The van der Waals surface area contributed by atoms with Crippen LogP contribution >= 0.6 is 7.75 Å². The van der Waals surface area contributed by atoms with E-state index in [-0.39, 0.29) is 18.7 Å². The van der Waals surface area contributed by atoms with E-state index in [9.17, 15) is 4.57 Å². The molecular weight excluding hydrogens is 225 g/mol. The number of nitrogens with zero attached hydrogens (tertiary/aromatic N) is 2. The number of hydrogen-bond acceptors (Lipinski definition) is 4. The molecule has 0 spiro atoms. The number of nitrogens with one attached hydrogen (secondary N) is 1. The van der Waals surface area contributed by atoms with E-state index < -0.39 is 7.75 Å². The summed E-state index contributed by atoms with van der Waals surface area (Å²) in [6.07, 6.45) is 0.250. The quantitative estimate of drug-likeness (QED) is 0.530. The molecule has 1 rings (SSSR count). The van der Waals surface area contributed by atoms with Crippen molar-refractivity contribution in [2.75, 3.05) is 19.6 Å². The zero-order valence-electron chi connectivity index (χ0n) is 8.08. The van der Waals surface area contributed by atoms with Gasteiger partial charge in [-0.25, -0.2) is 9.24 Å². The minimum atomic E-state index is -4.25. The molecule has 0 amide bonds. The van der Waals surface area contributed by atoms with Gasteiger partial charge in [0, 0.05) is 19.6 Å². The Labute approximate surface area is 86.2 Å². The van der Waals surface area contributed by atoms with Gasteiger partial charge < -0.3 is 14.7 Å². The molecule has 0 radical (unpaired) electrons. The summed E-state index contributed by atoms with van der Waals surface area (Å²) in [5, 5.41) is 7.38. The lowest BCUT2D eigenvalue weighted by Gasteiger charge is -2.20. The Hall–Kier alpha value is -1.20. The summed E-state index contributed by atoms with van der Waals surface area (Å²) in [4.78, 5) is 35.4. The summed E-state index contributed by atoms with van der Waals surface area (Å²) in [6, 6.07) is 0. The molecule has 1 saturated heterocycles. The molecule has 0 saturated carbocycles. The van der Waals surface area contributed by atoms with Crippen molar-refractivity contribution >= 4 is 19.9 Å². The Morgan fingerprint density at radius 3 is 2.13 bits per heavy atom. The molecule has 1 aliphatic heterocycles. The molecule has 1 fully saturated rings. The Bertz CT molecular complexity index is 308. The van der Waals surface area contributed by atoms with Gasteiger partial charge in [0.1, 0.15) is 0 Å². The molecule has 0 aromatic carbocycles. The standard InChI is InChI=1S/C5H12N3O3P.CO2/c1-2-7-3-4-8(5(7)6)12(9,10)11;2-1-3/h6H,2-4H2,1H3,(H2,9,10,11);. The highest BCUT2D eigenvalue weighted by atomic mass is 31.2. The predicted molar refractivity (Wildman–Crippen MR) is 48.7 cm³/mol. The predicted octanol–water partition coefficient (Wildman–Crippen LogP) is -0.932. The van der Waals surface area contributed by atoms with Crippen LogP contribution in [0, 0.1) is 5.41 Å². The molecule has 1 heterocycles. The van der Waals surface area contributed by atoms with E-state index in [1.54, 1.807) is 4.90 Å². The van der Waals surface area contributed by atoms with Crippen LogP contribution in [0.4, 0.5) is 0 Å². The minimum absolute atomic E-state index is 0.0779. The van der Waals surface area contributed by atoms with Crippen LogP contribution in [0.1, 0.15) is 6.92 Å². The van der Waals surface area contributed by atoms with E-state index in [4.69, 9.17) is 24.8 Å². The molecule has 9 heteroatoms. The largest absolute Gasteiger partial charge is 0.432 e. The van der Waals surface area contributed by atoms with Crippen LogP contribution in [0.15, 0.2) is 0 Å².